The molecular formula is C26H28N4O4. The quantitative estimate of drug-likeness (QED) is 0.565. The van der Waals surface area contributed by atoms with Crippen molar-refractivity contribution in [2.75, 3.05) is 46.2 Å². The standard InChI is InChI=1S/C26H28N4O4/c1-31-23-10-18-22(11-24(23)32-2)33-14-20-25(34-29-26(18)20)13-30-7-5-15(6-8-30)19-12-28-21-4-3-16(27)9-17(19)21/h3-5,9-12,20,25,28H,6-8,13-14,27H2,1-2H3. The highest BCUT2D eigenvalue weighted by atomic mass is 16.6. The molecule has 0 aliphatic carbocycles. The Hall–Kier alpha value is -3.65. The van der Waals surface area contributed by atoms with Gasteiger partial charge in [0.2, 0.25) is 0 Å². The number of aromatic amines is 1. The molecular weight excluding hydrogens is 432 g/mol. The van der Waals surface area contributed by atoms with Gasteiger partial charge in [-0.05, 0) is 36.3 Å². The Morgan fingerprint density at radius 3 is 2.79 bits per heavy atom. The Morgan fingerprint density at radius 1 is 1.15 bits per heavy atom. The number of nitrogen functional groups attached to an aromatic ring is 1. The third-order valence-electron chi connectivity index (χ3n) is 7.05. The Labute approximate surface area is 197 Å². The van der Waals surface area contributed by atoms with Gasteiger partial charge in [-0.3, -0.25) is 4.90 Å². The molecule has 0 saturated heterocycles. The summed E-state index contributed by atoms with van der Waals surface area (Å²) in [5.41, 5.74) is 12.4. The highest BCUT2D eigenvalue weighted by molar-refractivity contribution is 6.06. The summed E-state index contributed by atoms with van der Waals surface area (Å²) in [4.78, 5) is 11.7. The van der Waals surface area contributed by atoms with Crippen LogP contribution in [-0.2, 0) is 4.84 Å². The van der Waals surface area contributed by atoms with E-state index in [1.165, 1.54) is 16.5 Å². The number of ether oxygens (including phenoxy) is 3. The van der Waals surface area contributed by atoms with Crippen molar-refractivity contribution in [3.63, 3.8) is 0 Å². The van der Waals surface area contributed by atoms with E-state index in [-0.39, 0.29) is 12.0 Å². The Kier molecular flexibility index (Phi) is 5.10. The number of anilines is 1. The lowest BCUT2D eigenvalue weighted by Gasteiger charge is -2.31. The van der Waals surface area contributed by atoms with Crippen LogP contribution in [0, 0.1) is 5.92 Å². The maximum atomic E-state index is 6.07. The average Bonchev–Trinajstić information content (AvgIpc) is 3.47. The monoisotopic (exact) mass is 460 g/mol. The highest BCUT2D eigenvalue weighted by Gasteiger charge is 2.41. The molecule has 6 rings (SSSR count). The van der Waals surface area contributed by atoms with Gasteiger partial charge in [0.1, 0.15) is 18.1 Å². The second-order valence-corrected chi connectivity index (χ2v) is 8.99. The smallest absolute Gasteiger partial charge is 0.164 e. The van der Waals surface area contributed by atoms with Gasteiger partial charge >= 0.3 is 0 Å². The van der Waals surface area contributed by atoms with Crippen molar-refractivity contribution in [1.82, 2.24) is 9.88 Å². The van der Waals surface area contributed by atoms with E-state index >= 15 is 0 Å². The number of hydrogen-bond donors (Lipinski definition) is 2. The summed E-state index contributed by atoms with van der Waals surface area (Å²) >= 11 is 0. The first-order valence-corrected chi connectivity index (χ1v) is 11.6. The Balaban J connectivity index is 1.15. The zero-order valence-corrected chi connectivity index (χ0v) is 19.3. The van der Waals surface area contributed by atoms with Gasteiger partial charge in [0.15, 0.2) is 17.6 Å². The Morgan fingerprint density at radius 2 is 2.00 bits per heavy atom. The number of H-pyrrole nitrogens is 1. The fraction of sp³-hybridized carbons (Fsp3) is 0.346. The van der Waals surface area contributed by atoms with Crippen LogP contribution in [-0.4, -0.2) is 62.2 Å². The van der Waals surface area contributed by atoms with Crippen LogP contribution in [0.15, 0.2) is 47.8 Å². The fourth-order valence-electron chi connectivity index (χ4n) is 5.18. The van der Waals surface area contributed by atoms with Gasteiger partial charge in [0.25, 0.3) is 0 Å². The van der Waals surface area contributed by atoms with Crippen molar-refractivity contribution < 1.29 is 19.0 Å². The minimum atomic E-state index is -0.0425. The maximum Gasteiger partial charge on any atom is 0.164 e. The molecule has 8 heteroatoms. The van der Waals surface area contributed by atoms with Gasteiger partial charge in [0.05, 0.1) is 20.1 Å². The number of aromatic nitrogens is 1. The third-order valence-corrected chi connectivity index (χ3v) is 7.05. The van der Waals surface area contributed by atoms with Crippen LogP contribution < -0.4 is 19.9 Å². The van der Waals surface area contributed by atoms with Crippen molar-refractivity contribution in [3.8, 4) is 17.2 Å². The molecule has 176 valence electrons. The van der Waals surface area contributed by atoms with Gasteiger partial charge in [-0.1, -0.05) is 11.2 Å². The number of benzene rings is 2. The number of hydrogen-bond acceptors (Lipinski definition) is 7. The summed E-state index contributed by atoms with van der Waals surface area (Å²) in [6.07, 6.45) is 5.34. The molecule has 0 spiro atoms. The molecule has 2 aromatic carbocycles. The summed E-state index contributed by atoms with van der Waals surface area (Å²) in [7, 11) is 3.25. The molecule has 2 unspecified atom stereocenters. The summed E-state index contributed by atoms with van der Waals surface area (Å²) < 4.78 is 17.0. The molecule has 2 atom stereocenters. The first-order valence-electron chi connectivity index (χ1n) is 11.6. The number of oxime groups is 1. The zero-order valence-electron chi connectivity index (χ0n) is 19.3. The lowest BCUT2D eigenvalue weighted by Crippen LogP contribution is -2.42. The molecule has 4 heterocycles. The van der Waals surface area contributed by atoms with E-state index in [9.17, 15) is 0 Å². The minimum Gasteiger partial charge on any atom is -0.493 e. The van der Waals surface area contributed by atoms with Crippen LogP contribution >= 0.6 is 0 Å². The largest absolute Gasteiger partial charge is 0.493 e. The number of fused-ring (bicyclic) bond motifs is 4. The molecule has 8 nitrogen and oxygen atoms in total. The number of nitrogens with two attached hydrogens (primary N) is 1. The summed E-state index contributed by atoms with van der Waals surface area (Å²) in [5, 5.41) is 5.64. The minimum absolute atomic E-state index is 0.0425. The lowest BCUT2D eigenvalue weighted by atomic mass is 9.89. The van der Waals surface area contributed by atoms with Crippen LogP contribution in [0.25, 0.3) is 16.5 Å². The van der Waals surface area contributed by atoms with Crippen molar-refractivity contribution in [2.45, 2.75) is 12.5 Å². The van der Waals surface area contributed by atoms with E-state index in [0.29, 0.717) is 18.1 Å². The molecule has 0 saturated carbocycles. The highest BCUT2D eigenvalue weighted by Crippen LogP contribution is 2.41. The van der Waals surface area contributed by atoms with Crippen molar-refractivity contribution >= 4 is 27.9 Å². The van der Waals surface area contributed by atoms with Gasteiger partial charge in [-0.25, -0.2) is 0 Å². The van der Waals surface area contributed by atoms with Crippen LogP contribution in [0.2, 0.25) is 0 Å². The van der Waals surface area contributed by atoms with E-state index < -0.39 is 0 Å². The third kappa shape index (κ3) is 3.45. The van der Waals surface area contributed by atoms with Crippen LogP contribution in [0.4, 0.5) is 5.69 Å². The van der Waals surface area contributed by atoms with Gasteiger partial charge in [-0.15, -0.1) is 0 Å². The molecule has 0 fully saturated rings. The molecule has 3 aliphatic heterocycles. The number of methoxy groups -OCH3 is 2. The molecule has 3 aliphatic rings. The molecule has 0 amide bonds. The predicted octanol–water partition coefficient (Wildman–Crippen LogP) is 3.67. The van der Waals surface area contributed by atoms with Crippen LogP contribution in [0.1, 0.15) is 17.5 Å². The zero-order chi connectivity index (χ0) is 23.2. The van der Waals surface area contributed by atoms with Crippen LogP contribution in [0.3, 0.4) is 0 Å². The van der Waals surface area contributed by atoms with Crippen molar-refractivity contribution in [2.24, 2.45) is 11.1 Å². The first-order chi connectivity index (χ1) is 16.6. The van der Waals surface area contributed by atoms with E-state index in [0.717, 1.165) is 54.3 Å². The number of nitrogens with one attached hydrogen (secondary N) is 1. The molecule has 3 N–H and O–H groups in total. The van der Waals surface area contributed by atoms with Crippen LogP contribution in [0.5, 0.6) is 17.2 Å². The van der Waals surface area contributed by atoms with Gasteiger partial charge in [0, 0.05) is 59.6 Å². The molecule has 34 heavy (non-hydrogen) atoms. The predicted molar refractivity (Wildman–Crippen MR) is 132 cm³/mol. The normalized spacial score (nSPS) is 21.7. The molecule has 1 aromatic heterocycles. The summed E-state index contributed by atoms with van der Waals surface area (Å²) in [5.74, 6) is 2.14. The fourth-order valence-corrected chi connectivity index (χ4v) is 5.18. The van der Waals surface area contributed by atoms with E-state index in [4.69, 9.17) is 24.8 Å². The molecule has 0 bridgehead atoms. The van der Waals surface area contributed by atoms with Gasteiger partial charge in [-0.2, -0.15) is 0 Å². The Bertz CT molecular complexity index is 1310. The lowest BCUT2D eigenvalue weighted by molar-refractivity contribution is 0.0236. The second-order valence-electron chi connectivity index (χ2n) is 8.99. The average molecular weight is 461 g/mol. The van der Waals surface area contributed by atoms with Gasteiger partial charge < -0.3 is 29.8 Å². The first kappa shape index (κ1) is 20.9. The molecule has 3 aromatic rings. The summed E-state index contributed by atoms with van der Waals surface area (Å²) in [6.45, 7) is 3.17. The number of rotatable bonds is 5. The van der Waals surface area contributed by atoms with Crippen molar-refractivity contribution in [3.05, 3.63) is 53.7 Å². The maximum absolute atomic E-state index is 6.07. The van der Waals surface area contributed by atoms with E-state index in [1.54, 1.807) is 14.2 Å². The van der Waals surface area contributed by atoms with E-state index in [2.05, 4.69) is 27.3 Å². The van der Waals surface area contributed by atoms with Crippen molar-refractivity contribution in [1.29, 1.82) is 0 Å². The SMILES string of the molecule is COc1cc2c(cc1OC)C1=NOC(CN3CC=C(c4c[nH]c5ccc(N)cc45)CC3)C1CO2. The topological polar surface area (TPSA) is 94.3 Å². The number of nitrogens with zero attached hydrogens (tertiary/aromatic N) is 2. The second kappa shape index (κ2) is 8.29. The summed E-state index contributed by atoms with van der Waals surface area (Å²) in [6, 6.07) is 9.79. The molecule has 0 radical (unpaired) electrons. The van der Waals surface area contributed by atoms with E-state index in [1.807, 2.05) is 30.3 Å².